The molecule has 0 spiro atoms. The van der Waals surface area contributed by atoms with Gasteiger partial charge in [0.25, 0.3) is 0 Å². The van der Waals surface area contributed by atoms with Gasteiger partial charge in [0, 0.05) is 44.8 Å². The molecule has 94 valence electrons. The van der Waals surface area contributed by atoms with E-state index in [1.54, 1.807) is 0 Å². The maximum Gasteiger partial charge on any atom is 0.0193 e. The Morgan fingerprint density at radius 2 is 1.88 bits per heavy atom. The van der Waals surface area contributed by atoms with Gasteiger partial charge in [0.1, 0.15) is 0 Å². The van der Waals surface area contributed by atoms with E-state index in [4.69, 9.17) is 0 Å². The van der Waals surface area contributed by atoms with Crippen LogP contribution in [0.3, 0.4) is 0 Å². The summed E-state index contributed by atoms with van der Waals surface area (Å²) < 4.78 is 0. The Kier molecular flexibility index (Phi) is 4.62. The molecular formula is C13H27N3. The highest BCUT2D eigenvalue weighted by Crippen LogP contribution is 2.18. The van der Waals surface area contributed by atoms with Gasteiger partial charge in [-0.15, -0.1) is 0 Å². The summed E-state index contributed by atoms with van der Waals surface area (Å²) in [4.78, 5) is 5.18. The SMILES string of the molecule is CCN1CCN(C(C)CNC2CCC2)CC1. The van der Waals surface area contributed by atoms with Crippen LogP contribution in [0.4, 0.5) is 0 Å². The van der Waals surface area contributed by atoms with Crippen molar-refractivity contribution in [3.63, 3.8) is 0 Å². The average Bonchev–Trinajstić information content (AvgIpc) is 2.27. The third-order valence-corrected chi connectivity index (χ3v) is 4.28. The molecular weight excluding hydrogens is 198 g/mol. The lowest BCUT2D eigenvalue weighted by atomic mass is 9.93. The topological polar surface area (TPSA) is 18.5 Å². The molecule has 1 atom stereocenters. The zero-order valence-electron chi connectivity index (χ0n) is 10.9. The standard InChI is InChI=1S/C13H27N3/c1-3-15-7-9-16(10-8-15)12(2)11-14-13-5-4-6-13/h12-14H,3-11H2,1-2H3. The largest absolute Gasteiger partial charge is 0.312 e. The molecule has 2 rings (SSSR count). The number of nitrogens with zero attached hydrogens (tertiary/aromatic N) is 2. The molecule has 0 bridgehead atoms. The lowest BCUT2D eigenvalue weighted by Crippen LogP contribution is -2.53. The van der Waals surface area contributed by atoms with Crippen LogP contribution in [0, 0.1) is 0 Å². The van der Waals surface area contributed by atoms with Crippen molar-refractivity contribution >= 4 is 0 Å². The fourth-order valence-electron chi connectivity index (χ4n) is 2.60. The molecule has 2 aliphatic rings. The Balaban J connectivity index is 1.63. The van der Waals surface area contributed by atoms with E-state index in [-0.39, 0.29) is 0 Å². The number of nitrogens with one attached hydrogen (secondary N) is 1. The smallest absolute Gasteiger partial charge is 0.0193 e. The van der Waals surface area contributed by atoms with E-state index in [0.29, 0.717) is 6.04 Å². The predicted octanol–water partition coefficient (Wildman–Crippen LogP) is 1.15. The fraction of sp³-hybridized carbons (Fsp3) is 1.00. The first kappa shape index (κ1) is 12.3. The molecule has 1 aliphatic carbocycles. The Bertz CT molecular complexity index is 195. The van der Waals surface area contributed by atoms with Crippen molar-refractivity contribution in [3.8, 4) is 0 Å². The molecule has 3 heteroatoms. The summed E-state index contributed by atoms with van der Waals surface area (Å²) in [6.45, 7) is 12.0. The summed E-state index contributed by atoms with van der Waals surface area (Å²) in [6.07, 6.45) is 4.23. The minimum absolute atomic E-state index is 0.708. The van der Waals surface area contributed by atoms with Gasteiger partial charge in [0.05, 0.1) is 0 Å². The molecule has 1 saturated carbocycles. The van der Waals surface area contributed by atoms with Gasteiger partial charge in [-0.05, 0) is 26.3 Å². The quantitative estimate of drug-likeness (QED) is 0.757. The van der Waals surface area contributed by atoms with Crippen LogP contribution in [0.1, 0.15) is 33.1 Å². The predicted molar refractivity (Wildman–Crippen MR) is 68.8 cm³/mol. The van der Waals surface area contributed by atoms with Crippen LogP contribution in [0.2, 0.25) is 0 Å². The van der Waals surface area contributed by atoms with Crippen LogP contribution in [-0.4, -0.2) is 61.2 Å². The highest BCUT2D eigenvalue weighted by Gasteiger charge is 2.22. The van der Waals surface area contributed by atoms with Crippen LogP contribution >= 0.6 is 0 Å². The van der Waals surface area contributed by atoms with Crippen molar-refractivity contribution in [2.75, 3.05) is 39.3 Å². The van der Waals surface area contributed by atoms with Crippen LogP contribution in [-0.2, 0) is 0 Å². The van der Waals surface area contributed by atoms with Gasteiger partial charge < -0.3 is 10.2 Å². The van der Waals surface area contributed by atoms with Gasteiger partial charge in [0.2, 0.25) is 0 Å². The third kappa shape index (κ3) is 3.19. The van der Waals surface area contributed by atoms with E-state index in [9.17, 15) is 0 Å². The molecule has 1 unspecified atom stereocenters. The molecule has 0 radical (unpaired) electrons. The summed E-state index contributed by atoms with van der Waals surface area (Å²) in [5.41, 5.74) is 0. The number of rotatable bonds is 5. The summed E-state index contributed by atoms with van der Waals surface area (Å²) in [6, 6.07) is 1.54. The summed E-state index contributed by atoms with van der Waals surface area (Å²) in [7, 11) is 0. The lowest BCUT2D eigenvalue weighted by Gasteiger charge is -2.38. The second kappa shape index (κ2) is 5.99. The molecule has 2 fully saturated rings. The van der Waals surface area contributed by atoms with Crippen molar-refractivity contribution in [2.45, 2.75) is 45.2 Å². The molecule has 1 aliphatic heterocycles. The Morgan fingerprint density at radius 1 is 1.19 bits per heavy atom. The molecule has 1 saturated heterocycles. The van der Waals surface area contributed by atoms with Crippen LogP contribution in [0.5, 0.6) is 0 Å². The van der Waals surface area contributed by atoms with Crippen molar-refractivity contribution < 1.29 is 0 Å². The number of hydrogen-bond donors (Lipinski definition) is 1. The van der Waals surface area contributed by atoms with E-state index in [1.165, 1.54) is 58.5 Å². The molecule has 1 heterocycles. The van der Waals surface area contributed by atoms with E-state index in [0.717, 1.165) is 6.04 Å². The molecule has 0 aromatic rings. The number of likely N-dealkylation sites (N-methyl/N-ethyl adjacent to an activating group) is 1. The highest BCUT2D eigenvalue weighted by atomic mass is 15.3. The van der Waals surface area contributed by atoms with Gasteiger partial charge in [-0.1, -0.05) is 13.3 Å². The summed E-state index contributed by atoms with van der Waals surface area (Å²) in [5, 5.41) is 3.69. The zero-order chi connectivity index (χ0) is 11.4. The molecule has 0 aromatic heterocycles. The minimum Gasteiger partial charge on any atom is -0.312 e. The second-order valence-corrected chi connectivity index (χ2v) is 5.36. The van der Waals surface area contributed by atoms with Crippen LogP contribution in [0.25, 0.3) is 0 Å². The van der Waals surface area contributed by atoms with Gasteiger partial charge in [-0.25, -0.2) is 0 Å². The molecule has 3 nitrogen and oxygen atoms in total. The zero-order valence-corrected chi connectivity index (χ0v) is 10.9. The van der Waals surface area contributed by atoms with Crippen molar-refractivity contribution in [3.05, 3.63) is 0 Å². The van der Waals surface area contributed by atoms with Crippen molar-refractivity contribution in [1.29, 1.82) is 0 Å². The fourth-order valence-corrected chi connectivity index (χ4v) is 2.60. The van der Waals surface area contributed by atoms with E-state index >= 15 is 0 Å². The van der Waals surface area contributed by atoms with Crippen molar-refractivity contribution in [2.24, 2.45) is 0 Å². The first-order valence-corrected chi connectivity index (χ1v) is 6.99. The average molecular weight is 225 g/mol. The second-order valence-electron chi connectivity index (χ2n) is 5.36. The van der Waals surface area contributed by atoms with Crippen molar-refractivity contribution in [1.82, 2.24) is 15.1 Å². The summed E-state index contributed by atoms with van der Waals surface area (Å²) in [5.74, 6) is 0. The van der Waals surface area contributed by atoms with Gasteiger partial charge >= 0.3 is 0 Å². The Morgan fingerprint density at radius 3 is 2.38 bits per heavy atom. The van der Waals surface area contributed by atoms with E-state index in [1.807, 2.05) is 0 Å². The number of hydrogen-bond acceptors (Lipinski definition) is 3. The Hall–Kier alpha value is -0.120. The monoisotopic (exact) mass is 225 g/mol. The first-order chi connectivity index (χ1) is 7.79. The van der Waals surface area contributed by atoms with E-state index < -0.39 is 0 Å². The maximum atomic E-state index is 3.69. The third-order valence-electron chi connectivity index (χ3n) is 4.28. The minimum atomic E-state index is 0.708. The first-order valence-electron chi connectivity index (χ1n) is 6.99. The van der Waals surface area contributed by atoms with E-state index in [2.05, 4.69) is 29.0 Å². The van der Waals surface area contributed by atoms with Gasteiger partial charge in [-0.3, -0.25) is 4.90 Å². The number of piperazine rings is 1. The lowest BCUT2D eigenvalue weighted by molar-refractivity contribution is 0.102. The highest BCUT2D eigenvalue weighted by molar-refractivity contribution is 4.81. The molecule has 1 N–H and O–H groups in total. The Labute approximate surface area is 100 Å². The van der Waals surface area contributed by atoms with Gasteiger partial charge in [0.15, 0.2) is 0 Å². The van der Waals surface area contributed by atoms with Crippen LogP contribution in [0.15, 0.2) is 0 Å². The summed E-state index contributed by atoms with van der Waals surface area (Å²) >= 11 is 0. The molecule has 16 heavy (non-hydrogen) atoms. The molecule has 0 amide bonds. The maximum absolute atomic E-state index is 3.69. The normalized spacial score (nSPS) is 26.6. The van der Waals surface area contributed by atoms with Crippen LogP contribution < -0.4 is 5.32 Å². The van der Waals surface area contributed by atoms with Gasteiger partial charge in [-0.2, -0.15) is 0 Å². The molecule has 0 aromatic carbocycles.